The Hall–Kier alpha value is -1.44. The normalized spacial score (nSPS) is 20.9. The summed E-state index contributed by atoms with van der Waals surface area (Å²) in [6, 6.07) is 9.83. The second kappa shape index (κ2) is 7.90. The maximum absolute atomic E-state index is 12.5. The van der Waals surface area contributed by atoms with Crippen LogP contribution < -0.4 is 0 Å². The average molecular weight is 341 g/mol. The van der Waals surface area contributed by atoms with Crippen LogP contribution in [0.1, 0.15) is 12.5 Å². The van der Waals surface area contributed by atoms with E-state index in [1.54, 1.807) is 6.92 Å². The fourth-order valence-corrected chi connectivity index (χ4v) is 4.36. The summed E-state index contributed by atoms with van der Waals surface area (Å²) in [5.41, 5.74) is 1.11. The van der Waals surface area contributed by atoms with Gasteiger partial charge in [0.05, 0.1) is 31.5 Å². The molecule has 0 bridgehead atoms. The lowest BCUT2D eigenvalue weighted by Crippen LogP contribution is -2.48. The standard InChI is InChI=1S/C16H23NO5S/c1-13(16(18)21-2)12-23(19,20)17-8-9-22-15(11-17)10-14-6-4-3-5-7-14/h3-7,13,15H,8-12H2,1-2H3/t13-,15+/m1/s1. The average Bonchev–Trinajstić information content (AvgIpc) is 2.55. The minimum atomic E-state index is -3.51. The fraction of sp³-hybridized carbons (Fsp3) is 0.562. The molecule has 1 aliphatic rings. The molecule has 1 saturated heterocycles. The molecule has 2 atom stereocenters. The van der Waals surface area contributed by atoms with Crippen LogP contribution in [-0.4, -0.2) is 57.4 Å². The smallest absolute Gasteiger partial charge is 0.309 e. The van der Waals surface area contributed by atoms with Crippen LogP contribution in [0.25, 0.3) is 0 Å². The Balaban J connectivity index is 1.98. The van der Waals surface area contributed by atoms with Crippen LogP contribution in [0.4, 0.5) is 0 Å². The van der Waals surface area contributed by atoms with Gasteiger partial charge in [-0.15, -0.1) is 0 Å². The van der Waals surface area contributed by atoms with Gasteiger partial charge >= 0.3 is 5.97 Å². The third-order valence-electron chi connectivity index (χ3n) is 3.87. The Morgan fingerprint density at radius 3 is 2.74 bits per heavy atom. The summed E-state index contributed by atoms with van der Waals surface area (Å²) in [5, 5.41) is 0. The van der Waals surface area contributed by atoms with E-state index in [1.165, 1.54) is 11.4 Å². The summed E-state index contributed by atoms with van der Waals surface area (Å²) < 4.78 is 36.7. The lowest BCUT2D eigenvalue weighted by atomic mass is 10.1. The second-order valence-corrected chi connectivity index (χ2v) is 7.76. The molecule has 7 heteroatoms. The molecule has 0 amide bonds. The Kier molecular flexibility index (Phi) is 6.15. The first-order valence-electron chi connectivity index (χ1n) is 7.63. The monoisotopic (exact) mass is 341 g/mol. The lowest BCUT2D eigenvalue weighted by Gasteiger charge is -2.32. The molecule has 1 aromatic rings. The molecule has 1 aliphatic heterocycles. The van der Waals surface area contributed by atoms with Gasteiger partial charge in [0.1, 0.15) is 0 Å². The van der Waals surface area contributed by atoms with Gasteiger partial charge in [-0.25, -0.2) is 8.42 Å². The molecule has 23 heavy (non-hydrogen) atoms. The van der Waals surface area contributed by atoms with Crippen molar-refractivity contribution >= 4 is 16.0 Å². The second-order valence-electron chi connectivity index (χ2n) is 5.74. The van der Waals surface area contributed by atoms with E-state index in [2.05, 4.69) is 4.74 Å². The predicted molar refractivity (Wildman–Crippen MR) is 86.4 cm³/mol. The first kappa shape index (κ1) is 17.9. The number of hydrogen-bond acceptors (Lipinski definition) is 5. The largest absolute Gasteiger partial charge is 0.469 e. The number of sulfonamides is 1. The molecule has 0 aliphatic carbocycles. The third-order valence-corrected chi connectivity index (χ3v) is 5.90. The highest BCUT2D eigenvalue weighted by molar-refractivity contribution is 7.89. The predicted octanol–water partition coefficient (Wildman–Crippen LogP) is 1.07. The van der Waals surface area contributed by atoms with Crippen molar-refractivity contribution < 1.29 is 22.7 Å². The van der Waals surface area contributed by atoms with E-state index in [1.807, 2.05) is 30.3 Å². The topological polar surface area (TPSA) is 72.9 Å². The summed E-state index contributed by atoms with van der Waals surface area (Å²) in [6.45, 7) is 2.56. The molecule has 0 spiro atoms. The van der Waals surface area contributed by atoms with Gasteiger partial charge < -0.3 is 9.47 Å². The molecule has 0 unspecified atom stereocenters. The number of benzene rings is 1. The van der Waals surface area contributed by atoms with E-state index in [4.69, 9.17) is 4.74 Å². The number of nitrogens with zero attached hydrogens (tertiary/aromatic N) is 1. The van der Waals surface area contributed by atoms with Crippen molar-refractivity contribution in [2.75, 3.05) is 32.6 Å². The minimum Gasteiger partial charge on any atom is -0.469 e. The molecule has 1 heterocycles. The summed E-state index contributed by atoms with van der Waals surface area (Å²) in [6.07, 6.45) is 0.494. The highest BCUT2D eigenvalue weighted by atomic mass is 32.2. The maximum Gasteiger partial charge on any atom is 0.309 e. The van der Waals surface area contributed by atoms with E-state index in [0.717, 1.165) is 5.56 Å². The molecule has 0 saturated carbocycles. The number of ether oxygens (including phenoxy) is 2. The quantitative estimate of drug-likeness (QED) is 0.724. The van der Waals surface area contributed by atoms with E-state index in [0.29, 0.717) is 26.1 Å². The van der Waals surface area contributed by atoms with Crippen LogP contribution in [0.15, 0.2) is 30.3 Å². The Morgan fingerprint density at radius 1 is 1.39 bits per heavy atom. The van der Waals surface area contributed by atoms with Gasteiger partial charge in [-0.2, -0.15) is 4.31 Å². The van der Waals surface area contributed by atoms with Crippen LogP contribution in [0.5, 0.6) is 0 Å². The SMILES string of the molecule is COC(=O)[C@H](C)CS(=O)(=O)N1CCO[C@@H](Cc2ccccc2)C1. The molecule has 0 radical (unpaired) electrons. The molecule has 128 valence electrons. The van der Waals surface area contributed by atoms with Gasteiger partial charge in [0.2, 0.25) is 10.0 Å². The van der Waals surface area contributed by atoms with Crippen LogP contribution >= 0.6 is 0 Å². The summed E-state index contributed by atoms with van der Waals surface area (Å²) in [7, 11) is -2.25. The van der Waals surface area contributed by atoms with E-state index >= 15 is 0 Å². The van der Waals surface area contributed by atoms with Crippen molar-refractivity contribution in [2.45, 2.75) is 19.4 Å². The summed E-state index contributed by atoms with van der Waals surface area (Å²) >= 11 is 0. The number of carbonyl (C=O) groups is 1. The third kappa shape index (κ3) is 5.02. The van der Waals surface area contributed by atoms with Gasteiger partial charge in [-0.3, -0.25) is 4.79 Å². The number of carbonyl (C=O) groups excluding carboxylic acids is 1. The number of hydrogen-bond donors (Lipinski definition) is 0. The highest BCUT2D eigenvalue weighted by Gasteiger charge is 2.32. The summed E-state index contributed by atoms with van der Waals surface area (Å²) in [5.74, 6) is -1.43. The number of esters is 1. The van der Waals surface area contributed by atoms with Crippen molar-refractivity contribution in [3.8, 4) is 0 Å². The van der Waals surface area contributed by atoms with Crippen molar-refractivity contribution in [3.63, 3.8) is 0 Å². The van der Waals surface area contributed by atoms with Gasteiger partial charge in [0.25, 0.3) is 0 Å². The zero-order valence-corrected chi connectivity index (χ0v) is 14.3. The fourth-order valence-electron chi connectivity index (χ4n) is 2.64. The Labute approximate surface area is 137 Å². The van der Waals surface area contributed by atoms with Gasteiger partial charge in [0, 0.05) is 13.1 Å². The van der Waals surface area contributed by atoms with Crippen molar-refractivity contribution in [1.82, 2.24) is 4.31 Å². The maximum atomic E-state index is 12.5. The Morgan fingerprint density at radius 2 is 2.09 bits per heavy atom. The molecular weight excluding hydrogens is 318 g/mol. The zero-order valence-electron chi connectivity index (χ0n) is 13.5. The first-order chi connectivity index (χ1) is 10.9. The van der Waals surface area contributed by atoms with Crippen LogP contribution in [0.2, 0.25) is 0 Å². The molecule has 1 aromatic carbocycles. The molecule has 0 N–H and O–H groups in total. The lowest BCUT2D eigenvalue weighted by molar-refractivity contribution is -0.144. The molecule has 0 aromatic heterocycles. The number of rotatable bonds is 6. The van der Waals surface area contributed by atoms with Crippen molar-refractivity contribution in [3.05, 3.63) is 35.9 Å². The molecule has 2 rings (SSSR count). The van der Waals surface area contributed by atoms with E-state index in [9.17, 15) is 13.2 Å². The van der Waals surface area contributed by atoms with E-state index in [-0.39, 0.29) is 11.9 Å². The summed E-state index contributed by atoms with van der Waals surface area (Å²) in [4.78, 5) is 11.4. The molecule has 6 nitrogen and oxygen atoms in total. The molecular formula is C16H23NO5S. The highest BCUT2D eigenvalue weighted by Crippen LogP contribution is 2.16. The van der Waals surface area contributed by atoms with Crippen molar-refractivity contribution in [2.24, 2.45) is 5.92 Å². The van der Waals surface area contributed by atoms with Crippen LogP contribution in [-0.2, 0) is 30.7 Å². The van der Waals surface area contributed by atoms with Crippen LogP contribution in [0.3, 0.4) is 0 Å². The first-order valence-corrected chi connectivity index (χ1v) is 9.24. The van der Waals surface area contributed by atoms with Crippen LogP contribution in [0, 0.1) is 5.92 Å². The zero-order chi connectivity index (χ0) is 16.9. The van der Waals surface area contributed by atoms with E-state index < -0.39 is 21.9 Å². The Bertz CT molecular complexity index is 617. The number of methoxy groups -OCH3 is 1. The number of morpholine rings is 1. The van der Waals surface area contributed by atoms with Crippen molar-refractivity contribution in [1.29, 1.82) is 0 Å². The van der Waals surface area contributed by atoms with Gasteiger partial charge in [-0.1, -0.05) is 37.3 Å². The van der Waals surface area contributed by atoms with Gasteiger partial charge in [-0.05, 0) is 12.0 Å². The molecule has 1 fully saturated rings. The van der Waals surface area contributed by atoms with Gasteiger partial charge in [0.15, 0.2) is 0 Å². The minimum absolute atomic E-state index is 0.172.